The Balaban J connectivity index is 1.91. The number of alkyl carbamates (subject to hydrolysis) is 1. The molecule has 1 aliphatic rings. The summed E-state index contributed by atoms with van der Waals surface area (Å²) in [5.41, 5.74) is 2.24. The van der Waals surface area contributed by atoms with Gasteiger partial charge in [0.1, 0.15) is 5.60 Å². The molecule has 1 aromatic rings. The normalized spacial score (nSPS) is 22.7. The van der Waals surface area contributed by atoms with Gasteiger partial charge in [-0.15, -0.1) is 0 Å². The molecule has 0 aromatic heterocycles. The molecular weight excluding hydrogens is 262 g/mol. The quantitative estimate of drug-likeness (QED) is 0.867. The van der Waals surface area contributed by atoms with Crippen molar-refractivity contribution in [1.29, 1.82) is 0 Å². The largest absolute Gasteiger partial charge is 0.444 e. The number of aryl methyl sites for hydroxylation is 1. The third kappa shape index (κ3) is 5.07. The van der Waals surface area contributed by atoms with Gasteiger partial charge in [0.15, 0.2) is 0 Å². The number of hydrogen-bond acceptors (Lipinski definition) is 2. The highest BCUT2D eigenvalue weighted by molar-refractivity contribution is 5.68. The van der Waals surface area contributed by atoms with Gasteiger partial charge in [0.25, 0.3) is 0 Å². The number of nitrogens with one attached hydrogen (secondary N) is 1. The molecule has 1 amide bonds. The van der Waals surface area contributed by atoms with E-state index in [1.54, 1.807) is 0 Å². The predicted molar refractivity (Wildman–Crippen MR) is 85.5 cm³/mol. The Bertz CT molecular complexity index is 473. The maximum Gasteiger partial charge on any atom is 0.407 e. The summed E-state index contributed by atoms with van der Waals surface area (Å²) in [5, 5.41) is 3.03. The highest BCUT2D eigenvalue weighted by Gasteiger charge is 2.26. The first-order chi connectivity index (χ1) is 9.83. The molecule has 1 aliphatic carbocycles. The van der Waals surface area contributed by atoms with Crippen molar-refractivity contribution >= 4 is 6.09 Å². The van der Waals surface area contributed by atoms with Gasteiger partial charge in [0.2, 0.25) is 0 Å². The highest BCUT2D eigenvalue weighted by atomic mass is 16.6. The number of benzene rings is 1. The molecule has 0 heterocycles. The fraction of sp³-hybridized carbons (Fsp3) is 0.611. The first kappa shape index (κ1) is 15.9. The Hall–Kier alpha value is -1.51. The summed E-state index contributed by atoms with van der Waals surface area (Å²) in [6.07, 6.45) is 4.11. The van der Waals surface area contributed by atoms with E-state index in [1.807, 2.05) is 20.8 Å². The van der Waals surface area contributed by atoms with Gasteiger partial charge in [0, 0.05) is 6.04 Å². The van der Waals surface area contributed by atoms with Crippen LogP contribution in [0, 0.1) is 6.92 Å². The molecule has 2 atom stereocenters. The molecule has 1 N–H and O–H groups in total. The predicted octanol–water partition coefficient (Wildman–Crippen LogP) is 4.55. The molecule has 2 rings (SSSR count). The molecule has 116 valence electrons. The second-order valence-corrected chi connectivity index (χ2v) is 7.12. The van der Waals surface area contributed by atoms with Crippen LogP contribution < -0.4 is 5.32 Å². The summed E-state index contributed by atoms with van der Waals surface area (Å²) < 4.78 is 5.35. The standard InChI is InChI=1S/C18H27NO2/c1-13-8-10-14(11-9-13)15-6-5-7-16(12-15)19-17(20)21-18(2,3)4/h8-11,15-16H,5-7,12H2,1-4H3,(H,19,20). The van der Waals surface area contributed by atoms with E-state index < -0.39 is 5.60 Å². The molecule has 0 radical (unpaired) electrons. The van der Waals surface area contributed by atoms with Crippen LogP contribution in [0.25, 0.3) is 0 Å². The first-order valence-corrected chi connectivity index (χ1v) is 7.89. The Labute approximate surface area is 128 Å². The van der Waals surface area contributed by atoms with E-state index in [-0.39, 0.29) is 12.1 Å². The molecule has 3 heteroatoms. The zero-order chi connectivity index (χ0) is 15.5. The highest BCUT2D eigenvalue weighted by Crippen LogP contribution is 2.33. The minimum atomic E-state index is -0.435. The SMILES string of the molecule is Cc1ccc(C2CCCC(NC(=O)OC(C)(C)C)C2)cc1. The zero-order valence-corrected chi connectivity index (χ0v) is 13.6. The van der Waals surface area contributed by atoms with Crippen molar-refractivity contribution in [3.8, 4) is 0 Å². The van der Waals surface area contributed by atoms with Crippen LogP contribution in [0.5, 0.6) is 0 Å². The Morgan fingerprint density at radius 1 is 1.19 bits per heavy atom. The van der Waals surface area contributed by atoms with E-state index in [0.29, 0.717) is 5.92 Å². The first-order valence-electron chi connectivity index (χ1n) is 7.89. The molecule has 21 heavy (non-hydrogen) atoms. The lowest BCUT2D eigenvalue weighted by Crippen LogP contribution is -2.41. The number of ether oxygens (including phenoxy) is 1. The molecule has 1 aromatic carbocycles. The van der Waals surface area contributed by atoms with Crippen molar-refractivity contribution in [2.75, 3.05) is 0 Å². The third-order valence-electron chi connectivity index (χ3n) is 3.94. The molecule has 0 saturated heterocycles. The van der Waals surface area contributed by atoms with E-state index in [1.165, 1.54) is 17.5 Å². The van der Waals surface area contributed by atoms with E-state index in [4.69, 9.17) is 4.74 Å². The topological polar surface area (TPSA) is 38.3 Å². The molecule has 0 bridgehead atoms. The summed E-state index contributed by atoms with van der Waals surface area (Å²) in [6, 6.07) is 8.99. The fourth-order valence-electron chi connectivity index (χ4n) is 2.94. The lowest BCUT2D eigenvalue weighted by atomic mass is 9.81. The second kappa shape index (κ2) is 6.50. The summed E-state index contributed by atoms with van der Waals surface area (Å²) in [4.78, 5) is 11.9. The Morgan fingerprint density at radius 2 is 1.86 bits per heavy atom. The Kier molecular flexibility index (Phi) is 4.92. The zero-order valence-electron chi connectivity index (χ0n) is 13.6. The fourth-order valence-corrected chi connectivity index (χ4v) is 2.94. The van der Waals surface area contributed by atoms with Crippen molar-refractivity contribution in [2.45, 2.75) is 70.9 Å². The van der Waals surface area contributed by atoms with Gasteiger partial charge in [-0.05, 0) is 58.4 Å². The van der Waals surface area contributed by atoms with E-state index >= 15 is 0 Å². The van der Waals surface area contributed by atoms with Gasteiger partial charge in [-0.2, -0.15) is 0 Å². The maximum absolute atomic E-state index is 11.9. The van der Waals surface area contributed by atoms with Crippen molar-refractivity contribution in [2.24, 2.45) is 0 Å². The van der Waals surface area contributed by atoms with Gasteiger partial charge in [-0.3, -0.25) is 0 Å². The summed E-state index contributed by atoms with van der Waals surface area (Å²) in [6.45, 7) is 7.78. The molecule has 0 aliphatic heterocycles. The number of carbonyl (C=O) groups excluding carboxylic acids is 1. The molecule has 2 unspecified atom stereocenters. The monoisotopic (exact) mass is 289 g/mol. The number of amides is 1. The van der Waals surface area contributed by atoms with Crippen molar-refractivity contribution < 1.29 is 9.53 Å². The van der Waals surface area contributed by atoms with Crippen molar-refractivity contribution in [1.82, 2.24) is 5.32 Å². The van der Waals surface area contributed by atoms with Crippen LogP contribution in [0.15, 0.2) is 24.3 Å². The molecule has 1 saturated carbocycles. The minimum absolute atomic E-state index is 0.222. The van der Waals surface area contributed by atoms with Crippen molar-refractivity contribution in [3.05, 3.63) is 35.4 Å². The van der Waals surface area contributed by atoms with Crippen LogP contribution in [-0.2, 0) is 4.74 Å². The summed E-state index contributed by atoms with van der Waals surface area (Å²) in [7, 11) is 0. The van der Waals surface area contributed by atoms with Gasteiger partial charge in [0.05, 0.1) is 0 Å². The number of carbonyl (C=O) groups is 1. The summed E-state index contributed by atoms with van der Waals surface area (Å²) >= 11 is 0. The van der Waals surface area contributed by atoms with Crippen LogP contribution in [0.1, 0.15) is 63.5 Å². The number of hydrogen-bond donors (Lipinski definition) is 1. The Morgan fingerprint density at radius 3 is 2.48 bits per heavy atom. The van der Waals surface area contributed by atoms with Gasteiger partial charge < -0.3 is 10.1 Å². The van der Waals surface area contributed by atoms with Crippen LogP contribution in [-0.4, -0.2) is 17.7 Å². The lowest BCUT2D eigenvalue weighted by Gasteiger charge is -2.31. The van der Waals surface area contributed by atoms with Crippen LogP contribution in [0.2, 0.25) is 0 Å². The van der Waals surface area contributed by atoms with Crippen LogP contribution in [0.4, 0.5) is 4.79 Å². The van der Waals surface area contributed by atoms with E-state index in [9.17, 15) is 4.79 Å². The molecule has 3 nitrogen and oxygen atoms in total. The van der Waals surface area contributed by atoms with Gasteiger partial charge in [-0.1, -0.05) is 36.2 Å². The smallest absolute Gasteiger partial charge is 0.407 e. The molecule has 0 spiro atoms. The maximum atomic E-state index is 11.9. The van der Waals surface area contributed by atoms with E-state index in [2.05, 4.69) is 36.5 Å². The van der Waals surface area contributed by atoms with Crippen LogP contribution >= 0.6 is 0 Å². The summed E-state index contributed by atoms with van der Waals surface area (Å²) in [5.74, 6) is 0.541. The minimum Gasteiger partial charge on any atom is -0.444 e. The third-order valence-corrected chi connectivity index (χ3v) is 3.94. The van der Waals surface area contributed by atoms with E-state index in [0.717, 1.165) is 19.3 Å². The molecule has 1 fully saturated rings. The lowest BCUT2D eigenvalue weighted by molar-refractivity contribution is 0.0490. The van der Waals surface area contributed by atoms with Gasteiger partial charge in [-0.25, -0.2) is 4.79 Å². The second-order valence-electron chi connectivity index (χ2n) is 7.12. The van der Waals surface area contributed by atoms with Crippen molar-refractivity contribution in [3.63, 3.8) is 0 Å². The number of rotatable bonds is 2. The van der Waals surface area contributed by atoms with Crippen LogP contribution in [0.3, 0.4) is 0 Å². The van der Waals surface area contributed by atoms with Gasteiger partial charge >= 0.3 is 6.09 Å². The average molecular weight is 289 g/mol. The average Bonchev–Trinajstić information content (AvgIpc) is 2.37. The molecular formula is C18H27NO2.